The maximum atomic E-state index is 11.8. The number of rotatable bonds is 6. The number of carbonyl (C=O) groups is 1. The van der Waals surface area contributed by atoms with Crippen molar-refractivity contribution in [1.82, 2.24) is 9.78 Å². The summed E-state index contributed by atoms with van der Waals surface area (Å²) < 4.78 is 6.41. The van der Waals surface area contributed by atoms with Gasteiger partial charge >= 0.3 is 5.97 Å². The number of aromatic nitrogens is 2. The van der Waals surface area contributed by atoms with E-state index in [9.17, 15) is 9.59 Å². The normalized spacial score (nSPS) is 10.6. The Balaban J connectivity index is 2.28. The zero-order valence-electron chi connectivity index (χ0n) is 11.9. The molecular formula is C14H17N3O4. The lowest BCUT2D eigenvalue weighted by Gasteiger charge is -2.19. The van der Waals surface area contributed by atoms with Crippen LogP contribution in [0.5, 0.6) is 0 Å². The summed E-state index contributed by atoms with van der Waals surface area (Å²) in [6, 6.07) is 6.01. The van der Waals surface area contributed by atoms with Gasteiger partial charge in [-0.1, -0.05) is 0 Å². The highest BCUT2D eigenvalue weighted by atomic mass is 16.4. The Hall–Kier alpha value is -2.57. The molecule has 0 unspecified atom stereocenters. The van der Waals surface area contributed by atoms with Crippen LogP contribution in [0, 0.1) is 0 Å². The molecule has 1 N–H and O–H groups in total. The molecule has 0 saturated heterocycles. The smallest absolute Gasteiger partial charge is 0.371 e. The van der Waals surface area contributed by atoms with Gasteiger partial charge in [-0.2, -0.15) is 5.10 Å². The SMILES string of the molecule is CCN(CC)c1ccc(=O)n(Cc2ccc(C(=O)O)o2)n1. The van der Waals surface area contributed by atoms with Crippen LogP contribution in [0.4, 0.5) is 5.82 Å². The van der Waals surface area contributed by atoms with E-state index < -0.39 is 5.97 Å². The molecule has 0 radical (unpaired) electrons. The van der Waals surface area contributed by atoms with E-state index in [1.54, 1.807) is 6.07 Å². The first kappa shape index (κ1) is 14.8. The monoisotopic (exact) mass is 291 g/mol. The molecular weight excluding hydrogens is 274 g/mol. The van der Waals surface area contributed by atoms with Crippen molar-refractivity contribution < 1.29 is 14.3 Å². The highest BCUT2D eigenvalue weighted by Gasteiger charge is 2.11. The number of nitrogens with zero attached hydrogens (tertiary/aromatic N) is 3. The molecule has 112 valence electrons. The Bertz CT molecular complexity index is 686. The molecule has 2 heterocycles. The fraction of sp³-hybridized carbons (Fsp3) is 0.357. The van der Waals surface area contributed by atoms with Gasteiger partial charge in [-0.3, -0.25) is 4.79 Å². The van der Waals surface area contributed by atoms with Crippen LogP contribution in [0.25, 0.3) is 0 Å². The van der Waals surface area contributed by atoms with E-state index in [0.29, 0.717) is 11.6 Å². The standard InChI is InChI=1S/C14H17N3O4/c1-3-16(4-2)12-7-8-13(18)17(15-12)9-10-5-6-11(21-10)14(19)20/h5-8H,3-4,9H2,1-2H3,(H,19,20). The van der Waals surface area contributed by atoms with E-state index in [1.165, 1.54) is 22.9 Å². The third-order valence-corrected chi connectivity index (χ3v) is 3.12. The summed E-state index contributed by atoms with van der Waals surface area (Å²) in [6.07, 6.45) is 0. The van der Waals surface area contributed by atoms with E-state index in [0.717, 1.165) is 13.1 Å². The van der Waals surface area contributed by atoms with Gasteiger partial charge in [-0.25, -0.2) is 9.48 Å². The number of hydrogen-bond donors (Lipinski definition) is 1. The molecule has 0 aromatic carbocycles. The van der Waals surface area contributed by atoms with Crippen LogP contribution in [-0.4, -0.2) is 33.9 Å². The van der Waals surface area contributed by atoms with Crippen LogP contribution < -0.4 is 10.5 Å². The lowest BCUT2D eigenvalue weighted by molar-refractivity contribution is 0.0660. The lowest BCUT2D eigenvalue weighted by atomic mass is 10.4. The van der Waals surface area contributed by atoms with Crippen molar-refractivity contribution in [2.75, 3.05) is 18.0 Å². The number of hydrogen-bond acceptors (Lipinski definition) is 5. The van der Waals surface area contributed by atoms with Crippen LogP contribution >= 0.6 is 0 Å². The average Bonchev–Trinajstić information content (AvgIpc) is 2.92. The Morgan fingerprint density at radius 3 is 2.57 bits per heavy atom. The summed E-state index contributed by atoms with van der Waals surface area (Å²) in [6.45, 7) is 5.68. The Morgan fingerprint density at radius 2 is 2.00 bits per heavy atom. The topological polar surface area (TPSA) is 88.6 Å². The molecule has 0 aliphatic rings. The molecule has 7 nitrogen and oxygen atoms in total. The number of carboxylic acids is 1. The first-order valence-electron chi connectivity index (χ1n) is 6.70. The highest BCUT2D eigenvalue weighted by Crippen LogP contribution is 2.10. The molecule has 0 amide bonds. The first-order valence-corrected chi connectivity index (χ1v) is 6.70. The molecule has 2 aromatic heterocycles. The molecule has 2 aromatic rings. The largest absolute Gasteiger partial charge is 0.475 e. The summed E-state index contributed by atoms with van der Waals surface area (Å²) in [5.41, 5.74) is -0.265. The van der Waals surface area contributed by atoms with E-state index in [2.05, 4.69) is 5.10 Å². The fourth-order valence-corrected chi connectivity index (χ4v) is 1.99. The Labute approximate surface area is 121 Å². The van der Waals surface area contributed by atoms with E-state index >= 15 is 0 Å². The molecule has 0 aliphatic carbocycles. The third kappa shape index (κ3) is 3.31. The van der Waals surface area contributed by atoms with Gasteiger partial charge in [-0.15, -0.1) is 0 Å². The fourth-order valence-electron chi connectivity index (χ4n) is 1.99. The third-order valence-electron chi connectivity index (χ3n) is 3.12. The number of aromatic carboxylic acids is 1. The van der Waals surface area contributed by atoms with Gasteiger partial charge in [0.2, 0.25) is 5.76 Å². The minimum absolute atomic E-state index is 0.0984. The van der Waals surface area contributed by atoms with E-state index in [1.807, 2.05) is 18.7 Å². The minimum Gasteiger partial charge on any atom is -0.475 e. The Kier molecular flexibility index (Phi) is 4.42. The van der Waals surface area contributed by atoms with Gasteiger partial charge in [0, 0.05) is 19.2 Å². The van der Waals surface area contributed by atoms with Crippen molar-refractivity contribution in [3.05, 3.63) is 46.1 Å². The minimum atomic E-state index is -1.14. The van der Waals surface area contributed by atoms with Gasteiger partial charge in [0.05, 0.1) is 0 Å². The van der Waals surface area contributed by atoms with Crippen molar-refractivity contribution in [3.8, 4) is 0 Å². The van der Waals surface area contributed by atoms with Crippen molar-refractivity contribution >= 4 is 11.8 Å². The first-order chi connectivity index (χ1) is 10.0. The highest BCUT2D eigenvalue weighted by molar-refractivity contribution is 5.84. The van der Waals surface area contributed by atoms with Gasteiger partial charge in [0.25, 0.3) is 5.56 Å². The lowest BCUT2D eigenvalue weighted by Crippen LogP contribution is -2.29. The number of furan rings is 1. The van der Waals surface area contributed by atoms with Crippen LogP contribution in [0.15, 0.2) is 33.5 Å². The van der Waals surface area contributed by atoms with Crippen LogP contribution in [0.3, 0.4) is 0 Å². The quantitative estimate of drug-likeness (QED) is 0.866. The number of carboxylic acid groups (broad SMARTS) is 1. The molecule has 0 atom stereocenters. The van der Waals surface area contributed by atoms with Crippen molar-refractivity contribution in [2.45, 2.75) is 20.4 Å². The summed E-state index contributed by atoms with van der Waals surface area (Å²) in [7, 11) is 0. The second kappa shape index (κ2) is 6.25. The van der Waals surface area contributed by atoms with Crippen molar-refractivity contribution in [2.24, 2.45) is 0 Å². The van der Waals surface area contributed by atoms with Crippen molar-refractivity contribution in [1.29, 1.82) is 0 Å². The average molecular weight is 291 g/mol. The maximum Gasteiger partial charge on any atom is 0.371 e. The molecule has 0 bridgehead atoms. The van der Waals surface area contributed by atoms with E-state index in [4.69, 9.17) is 9.52 Å². The number of anilines is 1. The van der Waals surface area contributed by atoms with Gasteiger partial charge < -0.3 is 14.4 Å². The Morgan fingerprint density at radius 1 is 1.29 bits per heavy atom. The molecule has 0 fully saturated rings. The van der Waals surface area contributed by atoms with Crippen LogP contribution in [0.2, 0.25) is 0 Å². The molecule has 0 spiro atoms. The molecule has 2 rings (SSSR count). The summed E-state index contributed by atoms with van der Waals surface area (Å²) in [4.78, 5) is 24.6. The zero-order valence-corrected chi connectivity index (χ0v) is 11.9. The van der Waals surface area contributed by atoms with Gasteiger partial charge in [0.15, 0.2) is 0 Å². The molecule has 7 heteroatoms. The second-order valence-electron chi connectivity index (χ2n) is 4.43. The molecule has 0 saturated carbocycles. The van der Waals surface area contributed by atoms with Crippen LogP contribution in [-0.2, 0) is 6.54 Å². The summed E-state index contributed by atoms with van der Waals surface area (Å²) >= 11 is 0. The zero-order chi connectivity index (χ0) is 15.4. The summed E-state index contributed by atoms with van der Waals surface area (Å²) in [5.74, 6) is -0.222. The van der Waals surface area contributed by atoms with Crippen LogP contribution in [0.1, 0.15) is 30.2 Å². The van der Waals surface area contributed by atoms with E-state index in [-0.39, 0.29) is 17.9 Å². The summed E-state index contributed by atoms with van der Waals surface area (Å²) in [5, 5.41) is 13.1. The molecule has 21 heavy (non-hydrogen) atoms. The van der Waals surface area contributed by atoms with Crippen molar-refractivity contribution in [3.63, 3.8) is 0 Å². The maximum absolute atomic E-state index is 11.8. The molecule has 0 aliphatic heterocycles. The predicted molar refractivity (Wildman–Crippen MR) is 76.8 cm³/mol. The van der Waals surface area contributed by atoms with Gasteiger partial charge in [-0.05, 0) is 32.0 Å². The second-order valence-corrected chi connectivity index (χ2v) is 4.43. The predicted octanol–water partition coefficient (Wildman–Crippen LogP) is 1.43. The van der Waals surface area contributed by atoms with Gasteiger partial charge in [0.1, 0.15) is 18.1 Å².